The van der Waals surface area contributed by atoms with Gasteiger partial charge in [0, 0.05) is 16.5 Å². The second kappa shape index (κ2) is 12.5. The molecule has 0 unspecified atom stereocenters. The van der Waals surface area contributed by atoms with Crippen molar-refractivity contribution < 1.29 is 0 Å². The molecule has 1 nitrogen and oxygen atoms in total. The summed E-state index contributed by atoms with van der Waals surface area (Å²) in [6.45, 7) is 4.69. The van der Waals surface area contributed by atoms with Gasteiger partial charge in [-0.3, -0.25) is 0 Å². The van der Waals surface area contributed by atoms with Gasteiger partial charge >= 0.3 is 0 Å². The quantitative estimate of drug-likeness (QED) is 0.174. The van der Waals surface area contributed by atoms with Crippen LogP contribution in [0.1, 0.15) is 25.0 Å². The van der Waals surface area contributed by atoms with Crippen molar-refractivity contribution in [3.05, 3.63) is 199 Å². The number of fused-ring (bicyclic) bond motifs is 3. The van der Waals surface area contributed by atoms with Crippen LogP contribution in [0.15, 0.2) is 188 Å². The number of aromatic nitrogens is 1. The van der Waals surface area contributed by atoms with Crippen LogP contribution in [0.4, 0.5) is 0 Å². The van der Waals surface area contributed by atoms with Crippen LogP contribution in [0, 0.1) is 0 Å². The van der Waals surface area contributed by atoms with Crippen molar-refractivity contribution >= 4 is 0 Å². The molecule has 1 aromatic heterocycles. The van der Waals surface area contributed by atoms with E-state index in [1.54, 1.807) is 0 Å². The highest BCUT2D eigenvalue weighted by atomic mass is 14.7. The standard InChI is InChI=1S/C50H37N/c1-50(2)45-27-10-9-25-44(45)49-43(26-14-28-46(49)50)41-24-13-22-39(31-41)37-20-11-19-36(29-37)38-21-12-23-40(30-38)42-32-47(34-15-5-3-6-16-34)51-48(33-42)35-17-7-4-8-18-35/h3-33H,1-2H3. The summed E-state index contributed by atoms with van der Waals surface area (Å²) >= 11 is 0. The maximum absolute atomic E-state index is 5.09. The van der Waals surface area contributed by atoms with Crippen LogP contribution in [-0.2, 0) is 5.41 Å². The van der Waals surface area contributed by atoms with E-state index in [9.17, 15) is 0 Å². The Morgan fingerprint density at radius 1 is 0.314 bits per heavy atom. The van der Waals surface area contributed by atoms with Crippen LogP contribution in [0.3, 0.4) is 0 Å². The summed E-state index contributed by atoms with van der Waals surface area (Å²) in [7, 11) is 0. The first kappa shape index (κ1) is 30.7. The molecule has 0 bridgehead atoms. The predicted molar refractivity (Wildman–Crippen MR) is 214 cm³/mol. The van der Waals surface area contributed by atoms with Gasteiger partial charge in [0.15, 0.2) is 0 Å². The maximum atomic E-state index is 5.09. The second-order valence-electron chi connectivity index (χ2n) is 14.0. The number of hydrogen-bond acceptors (Lipinski definition) is 1. The fraction of sp³-hybridized carbons (Fsp3) is 0.0600. The van der Waals surface area contributed by atoms with Gasteiger partial charge in [0.2, 0.25) is 0 Å². The zero-order valence-corrected chi connectivity index (χ0v) is 28.8. The van der Waals surface area contributed by atoms with Crippen molar-refractivity contribution in [1.82, 2.24) is 4.98 Å². The monoisotopic (exact) mass is 651 g/mol. The lowest BCUT2D eigenvalue weighted by atomic mass is 9.82. The van der Waals surface area contributed by atoms with Gasteiger partial charge in [-0.05, 0) is 97.1 Å². The summed E-state index contributed by atoms with van der Waals surface area (Å²) in [4.78, 5) is 5.09. The third-order valence-corrected chi connectivity index (χ3v) is 10.5. The van der Waals surface area contributed by atoms with Gasteiger partial charge < -0.3 is 0 Å². The molecule has 1 heterocycles. The molecule has 0 saturated carbocycles. The number of rotatable bonds is 6. The molecule has 0 radical (unpaired) electrons. The molecule has 0 saturated heterocycles. The molecule has 0 amide bonds. The molecule has 1 aliphatic carbocycles. The van der Waals surface area contributed by atoms with Crippen LogP contribution < -0.4 is 0 Å². The smallest absolute Gasteiger partial charge is 0.0715 e. The van der Waals surface area contributed by atoms with Crippen molar-refractivity contribution in [3.63, 3.8) is 0 Å². The molecular formula is C50H37N. The highest BCUT2D eigenvalue weighted by Gasteiger charge is 2.36. The Kier molecular flexibility index (Phi) is 7.55. The molecule has 7 aromatic carbocycles. The topological polar surface area (TPSA) is 12.9 Å². The summed E-state index contributed by atoms with van der Waals surface area (Å²) < 4.78 is 0. The first-order chi connectivity index (χ1) is 25.0. The van der Waals surface area contributed by atoms with E-state index >= 15 is 0 Å². The summed E-state index contributed by atoms with van der Waals surface area (Å²) in [5.74, 6) is 0. The third-order valence-electron chi connectivity index (χ3n) is 10.5. The van der Waals surface area contributed by atoms with E-state index in [-0.39, 0.29) is 5.41 Å². The largest absolute Gasteiger partial charge is 0.248 e. The van der Waals surface area contributed by atoms with Crippen molar-refractivity contribution in [2.45, 2.75) is 19.3 Å². The van der Waals surface area contributed by atoms with E-state index < -0.39 is 0 Å². The zero-order chi connectivity index (χ0) is 34.4. The van der Waals surface area contributed by atoms with Gasteiger partial charge in [-0.15, -0.1) is 0 Å². The second-order valence-corrected chi connectivity index (χ2v) is 14.0. The van der Waals surface area contributed by atoms with Crippen molar-refractivity contribution in [2.75, 3.05) is 0 Å². The molecule has 0 fully saturated rings. The molecule has 242 valence electrons. The molecule has 9 rings (SSSR count). The Labute approximate surface area is 300 Å². The van der Waals surface area contributed by atoms with E-state index in [1.807, 2.05) is 12.1 Å². The van der Waals surface area contributed by atoms with Crippen LogP contribution in [0.5, 0.6) is 0 Å². The fourth-order valence-electron chi connectivity index (χ4n) is 7.83. The molecule has 0 aliphatic heterocycles. The van der Waals surface area contributed by atoms with E-state index in [0.29, 0.717) is 0 Å². The normalized spacial score (nSPS) is 12.7. The van der Waals surface area contributed by atoms with Gasteiger partial charge in [-0.2, -0.15) is 0 Å². The van der Waals surface area contributed by atoms with Gasteiger partial charge in [-0.1, -0.05) is 172 Å². The summed E-state index contributed by atoms with van der Waals surface area (Å²) in [6, 6.07) is 67.9. The van der Waals surface area contributed by atoms with Crippen LogP contribution in [0.25, 0.3) is 78.1 Å². The van der Waals surface area contributed by atoms with Crippen LogP contribution in [-0.4, -0.2) is 4.98 Å². The lowest BCUT2D eigenvalue weighted by molar-refractivity contribution is 0.660. The van der Waals surface area contributed by atoms with Crippen molar-refractivity contribution in [3.8, 4) is 78.1 Å². The molecule has 51 heavy (non-hydrogen) atoms. The van der Waals surface area contributed by atoms with E-state index in [2.05, 4.69) is 190 Å². The Balaban J connectivity index is 1.09. The Morgan fingerprint density at radius 3 is 1.27 bits per heavy atom. The fourth-order valence-corrected chi connectivity index (χ4v) is 7.83. The van der Waals surface area contributed by atoms with Gasteiger partial charge in [0.1, 0.15) is 0 Å². The van der Waals surface area contributed by atoms with Gasteiger partial charge in [-0.25, -0.2) is 4.98 Å². The predicted octanol–water partition coefficient (Wildman–Crippen LogP) is 13.4. The first-order valence-electron chi connectivity index (χ1n) is 17.7. The lowest BCUT2D eigenvalue weighted by Gasteiger charge is -2.21. The molecular weight excluding hydrogens is 615 g/mol. The Bertz CT molecular complexity index is 2480. The molecule has 0 spiro atoms. The third kappa shape index (κ3) is 5.58. The molecule has 0 atom stereocenters. The van der Waals surface area contributed by atoms with Gasteiger partial charge in [0.25, 0.3) is 0 Å². The van der Waals surface area contributed by atoms with Crippen LogP contribution in [0.2, 0.25) is 0 Å². The SMILES string of the molecule is CC1(C)c2ccccc2-c2c(-c3cccc(-c4cccc(-c5cccc(-c6cc(-c7ccccc7)nc(-c7ccccc7)c6)c5)c4)c3)cccc21. The van der Waals surface area contributed by atoms with Crippen molar-refractivity contribution in [2.24, 2.45) is 0 Å². The molecule has 0 N–H and O–H groups in total. The van der Waals surface area contributed by atoms with Crippen LogP contribution >= 0.6 is 0 Å². The van der Waals surface area contributed by atoms with E-state index in [1.165, 1.54) is 55.6 Å². The van der Waals surface area contributed by atoms with Gasteiger partial charge in [0.05, 0.1) is 11.4 Å². The minimum Gasteiger partial charge on any atom is -0.248 e. The van der Waals surface area contributed by atoms with E-state index in [0.717, 1.165) is 33.6 Å². The average Bonchev–Trinajstić information content (AvgIpc) is 3.44. The summed E-state index contributed by atoms with van der Waals surface area (Å²) in [6.07, 6.45) is 0. The zero-order valence-electron chi connectivity index (χ0n) is 28.8. The number of pyridine rings is 1. The first-order valence-corrected chi connectivity index (χ1v) is 17.7. The lowest BCUT2D eigenvalue weighted by Crippen LogP contribution is -2.14. The Hall–Kier alpha value is -6.31. The molecule has 8 aromatic rings. The summed E-state index contributed by atoms with van der Waals surface area (Å²) in [5, 5.41) is 0. The highest BCUT2D eigenvalue weighted by Crippen LogP contribution is 2.52. The highest BCUT2D eigenvalue weighted by molar-refractivity contribution is 5.93. The maximum Gasteiger partial charge on any atom is 0.0715 e. The Morgan fingerprint density at radius 2 is 0.706 bits per heavy atom. The average molecular weight is 652 g/mol. The minimum absolute atomic E-state index is 0.0229. The number of hydrogen-bond donors (Lipinski definition) is 0. The summed E-state index contributed by atoms with van der Waals surface area (Å²) in [5.41, 5.74) is 19.3. The molecule has 1 heteroatoms. The molecule has 1 aliphatic rings. The number of benzene rings is 7. The number of nitrogens with zero attached hydrogens (tertiary/aromatic N) is 1. The minimum atomic E-state index is -0.0229. The van der Waals surface area contributed by atoms with E-state index in [4.69, 9.17) is 4.98 Å². The van der Waals surface area contributed by atoms with Crippen molar-refractivity contribution in [1.29, 1.82) is 0 Å².